The van der Waals surface area contributed by atoms with Gasteiger partial charge < -0.3 is 5.32 Å². The number of aromatic nitrogens is 2. The Labute approximate surface area is 161 Å². The van der Waals surface area contributed by atoms with Crippen LogP contribution in [0.5, 0.6) is 0 Å². The summed E-state index contributed by atoms with van der Waals surface area (Å²) >= 11 is 5.91. The largest absolute Gasteiger partial charge is 0.401 e. The van der Waals surface area contributed by atoms with Crippen molar-refractivity contribution in [2.24, 2.45) is 4.99 Å². The van der Waals surface area contributed by atoms with E-state index in [1.807, 2.05) is 46.5 Å². The number of carbonyl (C=O) groups excluding carboxylic acids is 2. The number of urea groups is 1. The van der Waals surface area contributed by atoms with Crippen LogP contribution < -0.4 is 9.88 Å². The number of aryl methyl sites for hydroxylation is 1. The molecule has 1 atom stereocenters. The average Bonchev–Trinajstić information content (AvgIpc) is 3.16. The lowest BCUT2D eigenvalue weighted by molar-refractivity contribution is -0.677. The summed E-state index contributed by atoms with van der Waals surface area (Å²) in [5.74, 6) is 0.878. The number of nitrogens with one attached hydrogen (secondary N) is 1. The third-order valence-electron chi connectivity index (χ3n) is 4.95. The van der Waals surface area contributed by atoms with Gasteiger partial charge >= 0.3 is 12.0 Å². The Morgan fingerprint density at radius 2 is 1.89 bits per heavy atom. The van der Waals surface area contributed by atoms with Crippen molar-refractivity contribution in [1.82, 2.24) is 14.4 Å². The number of hydrogen-bond acceptors (Lipinski definition) is 4. The summed E-state index contributed by atoms with van der Waals surface area (Å²) in [6.07, 6.45) is 1.91. The number of likely N-dealkylation sites (N-methyl/N-ethyl adjacent to an activating group) is 2. The molecule has 0 radical (unpaired) electrons. The molecule has 0 saturated carbocycles. The second-order valence-electron chi connectivity index (χ2n) is 6.67. The van der Waals surface area contributed by atoms with E-state index in [1.165, 1.54) is 11.9 Å². The first-order valence-corrected chi connectivity index (χ1v) is 9.01. The van der Waals surface area contributed by atoms with Crippen LogP contribution >= 0.6 is 11.6 Å². The quantitative estimate of drug-likeness (QED) is 0.815. The van der Waals surface area contributed by atoms with E-state index in [9.17, 15) is 9.59 Å². The molecular formula is C18H20ClN6O2+. The Hall–Kier alpha value is -2.87. The molecule has 27 heavy (non-hydrogen) atoms. The summed E-state index contributed by atoms with van der Waals surface area (Å²) in [5.41, 5.74) is 1.98. The number of imide groups is 1. The van der Waals surface area contributed by atoms with Crippen molar-refractivity contribution in [3.05, 3.63) is 41.2 Å². The van der Waals surface area contributed by atoms with Gasteiger partial charge in [0.05, 0.1) is 6.54 Å². The SMILES string of the molecule is Cc1c[n+]2c(n1CCNc1ccc(Cl)cc1)N=C1C2C(=O)N(C)C(=O)N1C. The van der Waals surface area contributed by atoms with Gasteiger partial charge in [0.2, 0.25) is 11.9 Å². The number of aliphatic imine (C=N–C) groups is 1. The molecule has 1 N–H and O–H groups in total. The first-order valence-electron chi connectivity index (χ1n) is 8.63. The highest BCUT2D eigenvalue weighted by molar-refractivity contribution is 6.30. The molecule has 4 rings (SSSR count). The maximum Gasteiger partial charge on any atom is 0.401 e. The zero-order chi connectivity index (χ0) is 19.3. The predicted octanol–water partition coefficient (Wildman–Crippen LogP) is 1.96. The lowest BCUT2D eigenvalue weighted by atomic mass is 10.2. The average molecular weight is 388 g/mol. The number of rotatable bonds is 4. The van der Waals surface area contributed by atoms with Crippen molar-refractivity contribution < 1.29 is 14.2 Å². The van der Waals surface area contributed by atoms with Crippen LogP contribution in [0, 0.1) is 6.92 Å². The minimum atomic E-state index is -0.586. The number of anilines is 1. The Kier molecular flexibility index (Phi) is 4.15. The van der Waals surface area contributed by atoms with Crippen molar-refractivity contribution in [3.63, 3.8) is 0 Å². The van der Waals surface area contributed by atoms with Gasteiger partial charge in [0.15, 0.2) is 0 Å². The lowest BCUT2D eigenvalue weighted by Gasteiger charge is -2.30. The monoisotopic (exact) mass is 387 g/mol. The van der Waals surface area contributed by atoms with E-state index in [-0.39, 0.29) is 11.9 Å². The molecule has 2 aromatic rings. The molecule has 9 heteroatoms. The maximum atomic E-state index is 12.6. The first kappa shape index (κ1) is 17.5. The van der Waals surface area contributed by atoms with E-state index >= 15 is 0 Å². The molecule has 1 saturated heterocycles. The third kappa shape index (κ3) is 2.76. The highest BCUT2D eigenvalue weighted by Gasteiger charge is 2.52. The van der Waals surface area contributed by atoms with Crippen molar-refractivity contribution in [3.8, 4) is 0 Å². The maximum absolute atomic E-state index is 12.6. The fourth-order valence-corrected chi connectivity index (χ4v) is 3.59. The topological polar surface area (TPSA) is 73.8 Å². The van der Waals surface area contributed by atoms with Crippen LogP contribution in [0.25, 0.3) is 0 Å². The molecule has 0 spiro atoms. The highest BCUT2D eigenvalue weighted by Crippen LogP contribution is 2.28. The molecular weight excluding hydrogens is 368 g/mol. The zero-order valence-electron chi connectivity index (χ0n) is 15.3. The van der Waals surface area contributed by atoms with E-state index in [0.717, 1.165) is 16.3 Å². The van der Waals surface area contributed by atoms with Gasteiger partial charge in [-0.3, -0.25) is 14.6 Å². The third-order valence-corrected chi connectivity index (χ3v) is 5.20. The molecule has 1 aromatic heterocycles. The van der Waals surface area contributed by atoms with Crippen LogP contribution in [-0.2, 0) is 11.3 Å². The Balaban J connectivity index is 1.57. The van der Waals surface area contributed by atoms with Crippen molar-refractivity contribution >= 4 is 41.0 Å². The number of amidine groups is 1. The first-order chi connectivity index (χ1) is 12.9. The van der Waals surface area contributed by atoms with Crippen LogP contribution in [0.2, 0.25) is 5.02 Å². The van der Waals surface area contributed by atoms with Gasteiger partial charge in [0, 0.05) is 31.4 Å². The molecule has 1 aromatic carbocycles. The Morgan fingerprint density at radius 1 is 1.19 bits per heavy atom. The molecule has 140 valence electrons. The van der Waals surface area contributed by atoms with Crippen molar-refractivity contribution in [1.29, 1.82) is 0 Å². The molecule has 3 heterocycles. The minimum absolute atomic E-state index is 0.267. The minimum Gasteiger partial charge on any atom is -0.382 e. The van der Waals surface area contributed by atoms with Crippen LogP contribution in [0.3, 0.4) is 0 Å². The molecule has 0 bridgehead atoms. The smallest absolute Gasteiger partial charge is 0.382 e. The van der Waals surface area contributed by atoms with E-state index in [2.05, 4.69) is 10.3 Å². The number of nitrogens with zero attached hydrogens (tertiary/aromatic N) is 5. The molecule has 1 fully saturated rings. The van der Waals surface area contributed by atoms with Crippen LogP contribution in [0.1, 0.15) is 11.7 Å². The number of benzene rings is 1. The molecule has 0 aliphatic carbocycles. The highest BCUT2D eigenvalue weighted by atomic mass is 35.5. The van der Waals surface area contributed by atoms with Gasteiger partial charge in [-0.25, -0.2) is 13.9 Å². The number of halogens is 1. The lowest BCUT2D eigenvalue weighted by Crippen LogP contribution is -2.61. The van der Waals surface area contributed by atoms with Gasteiger partial charge in [-0.05, 0) is 31.2 Å². The van der Waals surface area contributed by atoms with Gasteiger partial charge in [0.1, 0.15) is 11.9 Å². The molecule has 2 aliphatic heterocycles. The van der Waals surface area contributed by atoms with Crippen molar-refractivity contribution in [2.45, 2.75) is 19.5 Å². The van der Waals surface area contributed by atoms with E-state index in [4.69, 9.17) is 11.6 Å². The van der Waals surface area contributed by atoms with Crippen LogP contribution in [0.15, 0.2) is 35.5 Å². The summed E-state index contributed by atoms with van der Waals surface area (Å²) in [4.78, 5) is 32.0. The van der Waals surface area contributed by atoms with E-state index < -0.39 is 6.04 Å². The summed E-state index contributed by atoms with van der Waals surface area (Å²) < 4.78 is 3.88. The molecule has 1 unspecified atom stereocenters. The summed E-state index contributed by atoms with van der Waals surface area (Å²) in [6.45, 7) is 3.33. The Morgan fingerprint density at radius 3 is 2.59 bits per heavy atom. The summed E-state index contributed by atoms with van der Waals surface area (Å²) in [6, 6.07) is 6.57. The number of fused-ring (bicyclic) bond motifs is 3. The Bertz CT molecular complexity index is 965. The predicted molar refractivity (Wildman–Crippen MR) is 101 cm³/mol. The fraction of sp³-hybridized carbons (Fsp3) is 0.333. The number of hydrogen-bond donors (Lipinski definition) is 1. The van der Waals surface area contributed by atoms with Crippen LogP contribution in [0.4, 0.5) is 16.4 Å². The van der Waals surface area contributed by atoms with Crippen molar-refractivity contribution in [2.75, 3.05) is 26.0 Å². The van der Waals surface area contributed by atoms with Gasteiger partial charge in [0.25, 0.3) is 5.91 Å². The standard InChI is InChI=1S/C18H20ClN6O2/c1-11-10-25-14-15(22(2)18(27)23(3)16(14)26)21-17(25)24(11)9-8-20-13-6-4-12(19)5-7-13/h4-7,10,14,20H,8-9H2,1-3H3/q+1. The second-order valence-corrected chi connectivity index (χ2v) is 7.11. The number of imidazole rings is 1. The summed E-state index contributed by atoms with van der Waals surface area (Å²) in [5, 5.41) is 4.04. The second kappa shape index (κ2) is 6.38. The number of amides is 3. The van der Waals surface area contributed by atoms with E-state index in [1.54, 1.807) is 7.05 Å². The zero-order valence-corrected chi connectivity index (χ0v) is 16.1. The summed E-state index contributed by atoms with van der Waals surface area (Å²) in [7, 11) is 3.14. The molecule has 3 amide bonds. The van der Waals surface area contributed by atoms with E-state index in [0.29, 0.717) is 29.9 Å². The molecule has 2 aliphatic rings. The normalized spacial score (nSPS) is 18.5. The van der Waals surface area contributed by atoms with Gasteiger partial charge in [-0.1, -0.05) is 16.6 Å². The van der Waals surface area contributed by atoms with Gasteiger partial charge in [-0.15, -0.1) is 0 Å². The number of carbonyl (C=O) groups is 2. The fourth-order valence-electron chi connectivity index (χ4n) is 3.47. The molecule has 8 nitrogen and oxygen atoms in total. The van der Waals surface area contributed by atoms with Crippen LogP contribution in [-0.4, -0.2) is 52.8 Å². The van der Waals surface area contributed by atoms with Gasteiger partial charge in [-0.2, -0.15) is 0 Å².